The molecule has 0 radical (unpaired) electrons. The number of nitrogens with zero attached hydrogens (tertiary/aromatic N) is 1. The van der Waals surface area contributed by atoms with Crippen molar-refractivity contribution >= 4 is 12.0 Å². The minimum absolute atomic E-state index is 0.0146. The van der Waals surface area contributed by atoms with Gasteiger partial charge in [0.15, 0.2) is 17.8 Å². The fourth-order valence-corrected chi connectivity index (χ4v) is 1.20. The maximum absolute atomic E-state index is 10.5. The van der Waals surface area contributed by atoms with E-state index in [0.717, 1.165) is 0 Å². The first-order valence-corrected chi connectivity index (χ1v) is 3.75. The number of nitro benzene ring substituents is 1. The second-order valence-corrected chi connectivity index (χ2v) is 2.64. The standard InChI is InChI=1S/C8H5NO5/c10-3-5-1-7-8(14-4-13-7)2-6(5)9(11)12/h1-3H,4H2. The van der Waals surface area contributed by atoms with Crippen molar-refractivity contribution in [2.75, 3.05) is 6.79 Å². The molecule has 14 heavy (non-hydrogen) atoms. The van der Waals surface area contributed by atoms with Gasteiger partial charge >= 0.3 is 0 Å². The Balaban J connectivity index is 2.59. The number of hydrogen-bond donors (Lipinski definition) is 0. The zero-order valence-electron chi connectivity index (χ0n) is 6.93. The summed E-state index contributed by atoms with van der Waals surface area (Å²) in [6.45, 7) is 0.0226. The summed E-state index contributed by atoms with van der Waals surface area (Å²) in [6.07, 6.45) is 0.417. The number of fused-ring (bicyclic) bond motifs is 1. The molecule has 0 aromatic heterocycles. The number of hydrogen-bond acceptors (Lipinski definition) is 5. The van der Waals surface area contributed by atoms with Crippen LogP contribution >= 0.6 is 0 Å². The van der Waals surface area contributed by atoms with Gasteiger partial charge in [-0.2, -0.15) is 0 Å². The van der Waals surface area contributed by atoms with Gasteiger partial charge in [-0.05, 0) is 0 Å². The third-order valence-electron chi connectivity index (χ3n) is 1.85. The maximum Gasteiger partial charge on any atom is 0.283 e. The SMILES string of the molecule is O=Cc1cc2c(cc1[N+](=O)[O-])OCO2. The molecule has 1 aromatic rings. The van der Waals surface area contributed by atoms with Crippen molar-refractivity contribution in [2.24, 2.45) is 0 Å². The topological polar surface area (TPSA) is 78.7 Å². The van der Waals surface area contributed by atoms with Crippen molar-refractivity contribution in [2.45, 2.75) is 0 Å². The van der Waals surface area contributed by atoms with Crippen molar-refractivity contribution < 1.29 is 19.2 Å². The van der Waals surface area contributed by atoms with E-state index in [4.69, 9.17) is 9.47 Å². The van der Waals surface area contributed by atoms with Crippen LogP contribution in [0.25, 0.3) is 0 Å². The monoisotopic (exact) mass is 195 g/mol. The van der Waals surface area contributed by atoms with Crippen LogP contribution in [0.1, 0.15) is 10.4 Å². The first-order valence-electron chi connectivity index (χ1n) is 3.75. The van der Waals surface area contributed by atoms with Crippen LogP contribution < -0.4 is 9.47 Å². The first kappa shape index (κ1) is 8.49. The molecule has 6 nitrogen and oxygen atoms in total. The van der Waals surface area contributed by atoms with E-state index in [-0.39, 0.29) is 18.0 Å². The van der Waals surface area contributed by atoms with Crippen LogP contribution in [0.5, 0.6) is 11.5 Å². The Kier molecular flexibility index (Phi) is 1.81. The summed E-state index contributed by atoms with van der Waals surface area (Å²) >= 11 is 0. The molecular formula is C8H5NO5. The van der Waals surface area contributed by atoms with E-state index < -0.39 is 4.92 Å². The van der Waals surface area contributed by atoms with Gasteiger partial charge < -0.3 is 9.47 Å². The molecule has 1 heterocycles. The van der Waals surface area contributed by atoms with Crippen LogP contribution in [0, 0.1) is 10.1 Å². The summed E-state index contributed by atoms with van der Waals surface area (Å²) in [4.78, 5) is 20.4. The Hall–Kier alpha value is -2.11. The fourth-order valence-electron chi connectivity index (χ4n) is 1.20. The summed E-state index contributed by atoms with van der Waals surface area (Å²) in [5.41, 5.74) is -0.288. The third kappa shape index (κ3) is 1.17. The lowest BCUT2D eigenvalue weighted by atomic mass is 10.2. The average molecular weight is 195 g/mol. The van der Waals surface area contributed by atoms with Crippen molar-refractivity contribution in [1.82, 2.24) is 0 Å². The lowest BCUT2D eigenvalue weighted by Gasteiger charge is -1.98. The number of benzene rings is 1. The Morgan fingerprint density at radius 2 is 2.00 bits per heavy atom. The molecule has 72 valence electrons. The number of ether oxygens (including phenoxy) is 2. The van der Waals surface area contributed by atoms with Crippen molar-refractivity contribution in [1.29, 1.82) is 0 Å². The largest absolute Gasteiger partial charge is 0.454 e. The molecule has 0 aliphatic carbocycles. The predicted octanol–water partition coefficient (Wildman–Crippen LogP) is 1.14. The van der Waals surface area contributed by atoms with E-state index in [2.05, 4.69) is 0 Å². The Bertz CT molecular complexity index is 414. The first-order chi connectivity index (χ1) is 6.72. The van der Waals surface area contributed by atoms with Gasteiger partial charge in [0, 0.05) is 6.07 Å². The fraction of sp³-hybridized carbons (Fsp3) is 0.125. The lowest BCUT2D eigenvalue weighted by Crippen LogP contribution is -1.94. The smallest absolute Gasteiger partial charge is 0.283 e. The Labute approximate surface area is 78.2 Å². The highest BCUT2D eigenvalue weighted by molar-refractivity contribution is 5.83. The highest BCUT2D eigenvalue weighted by Gasteiger charge is 2.22. The molecule has 0 spiro atoms. The van der Waals surface area contributed by atoms with Crippen LogP contribution in [-0.4, -0.2) is 18.0 Å². The molecule has 0 fully saturated rings. The minimum Gasteiger partial charge on any atom is -0.454 e. The van der Waals surface area contributed by atoms with Gasteiger partial charge in [-0.25, -0.2) is 0 Å². The molecular weight excluding hydrogens is 190 g/mol. The van der Waals surface area contributed by atoms with Crippen LogP contribution in [0.15, 0.2) is 12.1 Å². The molecule has 0 bridgehead atoms. The Morgan fingerprint density at radius 1 is 1.36 bits per heavy atom. The summed E-state index contributed by atoms with van der Waals surface area (Å²) in [6, 6.07) is 2.49. The predicted molar refractivity (Wildman–Crippen MR) is 44.6 cm³/mol. The summed E-state index contributed by atoms with van der Waals surface area (Å²) < 4.78 is 9.92. The highest BCUT2D eigenvalue weighted by Crippen LogP contribution is 2.37. The number of nitro groups is 1. The lowest BCUT2D eigenvalue weighted by molar-refractivity contribution is -0.385. The van der Waals surface area contributed by atoms with Gasteiger partial charge in [-0.3, -0.25) is 14.9 Å². The molecule has 0 amide bonds. The van der Waals surface area contributed by atoms with E-state index >= 15 is 0 Å². The van der Waals surface area contributed by atoms with Gasteiger partial charge in [0.2, 0.25) is 6.79 Å². The van der Waals surface area contributed by atoms with E-state index in [1.54, 1.807) is 0 Å². The quantitative estimate of drug-likeness (QED) is 0.401. The van der Waals surface area contributed by atoms with E-state index in [9.17, 15) is 14.9 Å². The van der Waals surface area contributed by atoms with Crippen LogP contribution in [0.2, 0.25) is 0 Å². The molecule has 2 rings (SSSR count). The van der Waals surface area contributed by atoms with E-state index in [1.165, 1.54) is 12.1 Å². The number of carbonyl (C=O) groups is 1. The van der Waals surface area contributed by atoms with Crippen LogP contribution in [-0.2, 0) is 0 Å². The zero-order chi connectivity index (χ0) is 10.1. The second kappa shape index (κ2) is 2.99. The second-order valence-electron chi connectivity index (χ2n) is 2.64. The number of rotatable bonds is 2. The van der Waals surface area contributed by atoms with E-state index in [0.29, 0.717) is 17.8 Å². The van der Waals surface area contributed by atoms with Crippen molar-refractivity contribution in [3.63, 3.8) is 0 Å². The van der Waals surface area contributed by atoms with Crippen molar-refractivity contribution in [3.8, 4) is 11.5 Å². The van der Waals surface area contributed by atoms with Gasteiger partial charge in [0.05, 0.1) is 16.6 Å². The molecule has 1 aliphatic heterocycles. The minimum atomic E-state index is -0.633. The third-order valence-corrected chi connectivity index (χ3v) is 1.85. The molecule has 0 atom stereocenters. The zero-order valence-corrected chi connectivity index (χ0v) is 6.93. The van der Waals surface area contributed by atoms with Crippen LogP contribution in [0.4, 0.5) is 5.69 Å². The molecule has 0 saturated heterocycles. The molecule has 6 heteroatoms. The van der Waals surface area contributed by atoms with Gasteiger partial charge in [0.25, 0.3) is 5.69 Å². The van der Waals surface area contributed by atoms with Gasteiger partial charge in [0.1, 0.15) is 0 Å². The number of aldehydes is 1. The molecule has 0 N–H and O–H groups in total. The van der Waals surface area contributed by atoms with E-state index in [1.807, 2.05) is 0 Å². The average Bonchev–Trinajstić information content (AvgIpc) is 2.62. The normalized spacial score (nSPS) is 12.6. The summed E-state index contributed by atoms with van der Waals surface area (Å²) in [5, 5.41) is 10.5. The molecule has 1 aromatic carbocycles. The Morgan fingerprint density at radius 3 is 2.57 bits per heavy atom. The molecule has 1 aliphatic rings. The maximum atomic E-state index is 10.5. The molecule has 0 saturated carbocycles. The van der Waals surface area contributed by atoms with Crippen molar-refractivity contribution in [3.05, 3.63) is 27.8 Å². The summed E-state index contributed by atoms with van der Waals surface area (Å²) in [7, 11) is 0. The van der Waals surface area contributed by atoms with Crippen LogP contribution in [0.3, 0.4) is 0 Å². The highest BCUT2D eigenvalue weighted by atomic mass is 16.7. The van der Waals surface area contributed by atoms with Gasteiger partial charge in [-0.15, -0.1) is 0 Å². The number of carbonyl (C=O) groups excluding carboxylic acids is 1. The molecule has 0 unspecified atom stereocenters. The van der Waals surface area contributed by atoms with Gasteiger partial charge in [-0.1, -0.05) is 0 Å². The summed E-state index contributed by atoms with van der Waals surface area (Å²) in [5.74, 6) is 0.653.